The maximum atomic E-state index is 12.9. The van der Waals surface area contributed by atoms with Gasteiger partial charge in [-0.1, -0.05) is 0 Å². The lowest BCUT2D eigenvalue weighted by Gasteiger charge is -2.34. The van der Waals surface area contributed by atoms with E-state index in [1.165, 1.54) is 4.90 Å². The summed E-state index contributed by atoms with van der Waals surface area (Å²) < 4.78 is 44.1. The quantitative estimate of drug-likeness (QED) is 0.732. The van der Waals surface area contributed by atoms with E-state index in [0.29, 0.717) is 24.5 Å². The second-order valence-electron chi connectivity index (χ2n) is 7.89. The highest BCUT2D eigenvalue weighted by Gasteiger charge is 2.41. The SMILES string of the molecule is NC(=O)CN1C(=O)COc2cc(Nc3ccc(N4CCC(C(F)(F)F)CC4)cc3)ccc21. The number of piperidine rings is 1. The average Bonchev–Trinajstić information content (AvgIpc) is 2.75. The van der Waals surface area contributed by atoms with Gasteiger partial charge in [0.05, 0.1) is 11.6 Å². The van der Waals surface area contributed by atoms with E-state index in [1.807, 2.05) is 29.2 Å². The number of primary amides is 1. The highest BCUT2D eigenvalue weighted by molar-refractivity contribution is 6.02. The van der Waals surface area contributed by atoms with Gasteiger partial charge in [-0.3, -0.25) is 14.5 Å². The molecule has 4 rings (SSSR count). The molecule has 10 heteroatoms. The Bertz CT molecular complexity index is 1000. The number of alkyl halides is 3. The van der Waals surface area contributed by atoms with Gasteiger partial charge in [0.2, 0.25) is 5.91 Å². The fraction of sp³-hybridized carbons (Fsp3) is 0.364. The predicted octanol–water partition coefficient (Wildman–Crippen LogP) is 3.42. The van der Waals surface area contributed by atoms with Crippen LogP contribution in [0.2, 0.25) is 0 Å². The summed E-state index contributed by atoms with van der Waals surface area (Å²) in [6.07, 6.45) is -3.91. The summed E-state index contributed by atoms with van der Waals surface area (Å²) in [7, 11) is 0. The van der Waals surface area contributed by atoms with Gasteiger partial charge in [-0.25, -0.2) is 0 Å². The summed E-state index contributed by atoms with van der Waals surface area (Å²) in [6.45, 7) is 0.354. The summed E-state index contributed by atoms with van der Waals surface area (Å²) in [5.41, 5.74) is 8.09. The van der Waals surface area contributed by atoms with Crippen LogP contribution in [0.5, 0.6) is 5.75 Å². The maximum absolute atomic E-state index is 12.9. The van der Waals surface area contributed by atoms with Gasteiger partial charge in [-0.2, -0.15) is 13.2 Å². The molecule has 2 aliphatic heterocycles. The van der Waals surface area contributed by atoms with Crippen molar-refractivity contribution in [2.45, 2.75) is 19.0 Å². The van der Waals surface area contributed by atoms with Crippen LogP contribution in [0.1, 0.15) is 12.8 Å². The zero-order valence-electron chi connectivity index (χ0n) is 17.2. The van der Waals surface area contributed by atoms with E-state index in [-0.39, 0.29) is 31.9 Å². The lowest BCUT2D eigenvalue weighted by Crippen LogP contribution is -2.43. The molecule has 0 spiro atoms. The molecule has 0 atom stereocenters. The van der Waals surface area contributed by atoms with Crippen molar-refractivity contribution in [3.05, 3.63) is 42.5 Å². The van der Waals surface area contributed by atoms with E-state index in [4.69, 9.17) is 10.5 Å². The molecule has 170 valence electrons. The van der Waals surface area contributed by atoms with E-state index in [0.717, 1.165) is 17.1 Å². The first-order chi connectivity index (χ1) is 15.2. The van der Waals surface area contributed by atoms with Crippen LogP contribution in [0, 0.1) is 5.92 Å². The molecule has 0 aromatic heterocycles. The first kappa shape index (κ1) is 21.8. The summed E-state index contributed by atoms with van der Waals surface area (Å²) in [6, 6.07) is 12.6. The lowest BCUT2D eigenvalue weighted by atomic mass is 9.96. The number of anilines is 4. The second-order valence-corrected chi connectivity index (χ2v) is 7.89. The van der Waals surface area contributed by atoms with Gasteiger partial charge in [-0.15, -0.1) is 0 Å². The minimum atomic E-state index is -4.12. The molecule has 2 aromatic rings. The molecule has 2 aliphatic rings. The molecule has 0 radical (unpaired) electrons. The highest BCUT2D eigenvalue weighted by Crippen LogP contribution is 2.37. The molecule has 2 amide bonds. The molecular formula is C22H23F3N4O3. The molecule has 2 aromatic carbocycles. The van der Waals surface area contributed by atoms with Crippen LogP contribution in [0.15, 0.2) is 42.5 Å². The number of hydrogen-bond acceptors (Lipinski definition) is 5. The van der Waals surface area contributed by atoms with Crippen molar-refractivity contribution < 1.29 is 27.5 Å². The number of amides is 2. The van der Waals surface area contributed by atoms with Gasteiger partial charge < -0.3 is 20.7 Å². The first-order valence-electron chi connectivity index (χ1n) is 10.2. The number of nitrogens with one attached hydrogen (secondary N) is 1. The Labute approximate surface area is 182 Å². The standard InChI is InChI=1S/C22H23F3N4O3/c23-22(24,25)14-7-9-28(10-8-14)17-4-1-15(2-5-17)27-16-3-6-18-19(11-16)32-13-21(31)29(18)12-20(26)30/h1-6,11,14,27H,7-10,12-13H2,(H2,26,30). The Hall–Kier alpha value is -3.43. The summed E-state index contributed by atoms with van der Waals surface area (Å²) >= 11 is 0. The third-order valence-corrected chi connectivity index (χ3v) is 5.70. The number of carbonyl (C=O) groups excluding carboxylic acids is 2. The van der Waals surface area contributed by atoms with E-state index in [1.54, 1.807) is 18.2 Å². The molecule has 0 bridgehead atoms. The maximum Gasteiger partial charge on any atom is 0.391 e. The Morgan fingerprint density at radius 3 is 2.38 bits per heavy atom. The summed E-state index contributed by atoms with van der Waals surface area (Å²) in [5, 5.41) is 3.24. The van der Waals surface area contributed by atoms with Gasteiger partial charge in [0, 0.05) is 36.2 Å². The predicted molar refractivity (Wildman–Crippen MR) is 114 cm³/mol. The third kappa shape index (κ3) is 4.74. The Morgan fingerprint density at radius 2 is 1.75 bits per heavy atom. The minimum Gasteiger partial charge on any atom is -0.481 e. The monoisotopic (exact) mass is 448 g/mol. The van der Waals surface area contributed by atoms with Crippen molar-refractivity contribution in [1.82, 2.24) is 0 Å². The molecule has 32 heavy (non-hydrogen) atoms. The first-order valence-corrected chi connectivity index (χ1v) is 10.2. The van der Waals surface area contributed by atoms with E-state index in [9.17, 15) is 22.8 Å². The zero-order chi connectivity index (χ0) is 22.9. The van der Waals surface area contributed by atoms with Gasteiger partial charge >= 0.3 is 6.18 Å². The van der Waals surface area contributed by atoms with Gasteiger partial charge in [0.15, 0.2) is 6.61 Å². The lowest BCUT2D eigenvalue weighted by molar-refractivity contribution is -0.179. The number of rotatable bonds is 5. The van der Waals surface area contributed by atoms with E-state index >= 15 is 0 Å². The second kappa shape index (κ2) is 8.60. The fourth-order valence-electron chi connectivity index (χ4n) is 4.00. The molecule has 7 nitrogen and oxygen atoms in total. The molecule has 0 aliphatic carbocycles. The van der Waals surface area contributed by atoms with Crippen LogP contribution in [0.4, 0.5) is 35.9 Å². The van der Waals surface area contributed by atoms with Crippen molar-refractivity contribution >= 4 is 34.6 Å². The zero-order valence-corrected chi connectivity index (χ0v) is 17.2. The van der Waals surface area contributed by atoms with Crippen molar-refractivity contribution in [3.63, 3.8) is 0 Å². The Balaban J connectivity index is 1.41. The molecular weight excluding hydrogens is 425 g/mol. The van der Waals surface area contributed by atoms with Crippen LogP contribution in [-0.2, 0) is 9.59 Å². The third-order valence-electron chi connectivity index (χ3n) is 5.70. The van der Waals surface area contributed by atoms with Crippen molar-refractivity contribution in [3.8, 4) is 5.75 Å². The number of benzene rings is 2. The van der Waals surface area contributed by atoms with Gasteiger partial charge in [-0.05, 0) is 49.2 Å². The normalized spacial score (nSPS) is 17.0. The van der Waals surface area contributed by atoms with E-state index in [2.05, 4.69) is 5.32 Å². The number of fused-ring (bicyclic) bond motifs is 1. The van der Waals surface area contributed by atoms with Crippen molar-refractivity contribution in [1.29, 1.82) is 0 Å². The largest absolute Gasteiger partial charge is 0.481 e. The minimum absolute atomic E-state index is 0.105. The summed E-state index contributed by atoms with van der Waals surface area (Å²) in [5.74, 6) is -1.72. The molecule has 0 unspecified atom stereocenters. The summed E-state index contributed by atoms with van der Waals surface area (Å²) in [4.78, 5) is 26.5. The number of nitrogens with zero attached hydrogens (tertiary/aromatic N) is 2. The number of hydrogen-bond donors (Lipinski definition) is 2. The van der Waals surface area contributed by atoms with Crippen LogP contribution < -0.4 is 25.6 Å². The number of nitrogens with two attached hydrogens (primary N) is 1. The molecule has 2 heterocycles. The van der Waals surface area contributed by atoms with E-state index < -0.39 is 18.0 Å². The van der Waals surface area contributed by atoms with Crippen LogP contribution >= 0.6 is 0 Å². The van der Waals surface area contributed by atoms with Crippen LogP contribution in [0.25, 0.3) is 0 Å². The Morgan fingerprint density at radius 1 is 1.09 bits per heavy atom. The topological polar surface area (TPSA) is 87.9 Å². The number of carbonyl (C=O) groups is 2. The van der Waals surface area contributed by atoms with Crippen molar-refractivity contribution in [2.24, 2.45) is 11.7 Å². The van der Waals surface area contributed by atoms with Gasteiger partial charge in [0.25, 0.3) is 5.91 Å². The highest BCUT2D eigenvalue weighted by atomic mass is 19.4. The smallest absolute Gasteiger partial charge is 0.391 e. The fourth-order valence-corrected chi connectivity index (χ4v) is 4.00. The Kier molecular flexibility index (Phi) is 5.86. The van der Waals surface area contributed by atoms with Crippen LogP contribution in [-0.4, -0.2) is 44.2 Å². The molecule has 0 saturated carbocycles. The molecule has 1 fully saturated rings. The average molecular weight is 448 g/mol. The number of ether oxygens (including phenoxy) is 1. The number of halogens is 3. The van der Waals surface area contributed by atoms with Crippen molar-refractivity contribution in [2.75, 3.05) is 41.4 Å². The van der Waals surface area contributed by atoms with Crippen LogP contribution in [0.3, 0.4) is 0 Å². The van der Waals surface area contributed by atoms with Gasteiger partial charge in [0.1, 0.15) is 12.3 Å². The molecule has 3 N–H and O–H groups in total. The molecule has 1 saturated heterocycles.